The fourth-order valence-corrected chi connectivity index (χ4v) is 1.34. The van der Waals surface area contributed by atoms with Crippen LogP contribution < -0.4 is 0 Å². The third-order valence-electron chi connectivity index (χ3n) is 2.51. The second kappa shape index (κ2) is 5.47. The van der Waals surface area contributed by atoms with Gasteiger partial charge in [0.05, 0.1) is 0 Å². The lowest BCUT2D eigenvalue weighted by atomic mass is 10.0. The van der Waals surface area contributed by atoms with Gasteiger partial charge in [-0.3, -0.25) is 0 Å². The first-order chi connectivity index (χ1) is 7.95. The lowest BCUT2D eigenvalue weighted by Crippen LogP contribution is -2.30. The van der Waals surface area contributed by atoms with Gasteiger partial charge in [-0.05, 0) is 6.92 Å². The van der Waals surface area contributed by atoms with E-state index in [4.69, 9.17) is 9.47 Å². The highest BCUT2D eigenvalue weighted by Gasteiger charge is 2.42. The Kier molecular flexibility index (Phi) is 4.25. The molecule has 0 saturated carbocycles. The van der Waals surface area contributed by atoms with E-state index in [9.17, 15) is 14.4 Å². The van der Waals surface area contributed by atoms with Gasteiger partial charge in [-0.1, -0.05) is 13.5 Å². The van der Waals surface area contributed by atoms with Gasteiger partial charge in [0.2, 0.25) is 6.10 Å². The van der Waals surface area contributed by atoms with Crippen LogP contribution in [0.2, 0.25) is 0 Å². The Hall–Kier alpha value is -1.85. The molecule has 0 aromatic heterocycles. The Bertz CT molecular complexity index is 348. The van der Waals surface area contributed by atoms with E-state index >= 15 is 0 Å². The van der Waals surface area contributed by atoms with Crippen molar-refractivity contribution in [3.63, 3.8) is 0 Å². The summed E-state index contributed by atoms with van der Waals surface area (Å²) in [6.07, 6.45) is -0.294. The molecule has 3 unspecified atom stereocenters. The van der Waals surface area contributed by atoms with E-state index < -0.39 is 30.6 Å². The summed E-state index contributed by atoms with van der Waals surface area (Å²) >= 11 is 0. The van der Waals surface area contributed by atoms with Gasteiger partial charge in [0.15, 0.2) is 6.61 Å². The number of rotatable bonds is 4. The first-order valence-electron chi connectivity index (χ1n) is 5.15. The molecular weight excluding hydrogens is 228 g/mol. The molecule has 0 bridgehead atoms. The van der Waals surface area contributed by atoms with Gasteiger partial charge in [0.25, 0.3) is 0 Å². The molecule has 0 N–H and O–H groups in total. The minimum Gasteiger partial charge on any atom is -0.459 e. The lowest BCUT2D eigenvalue weighted by Gasteiger charge is -2.13. The van der Waals surface area contributed by atoms with E-state index in [2.05, 4.69) is 11.3 Å². The quantitative estimate of drug-likeness (QED) is 0.398. The molecule has 17 heavy (non-hydrogen) atoms. The molecule has 1 fully saturated rings. The third kappa shape index (κ3) is 3.30. The highest BCUT2D eigenvalue weighted by molar-refractivity contribution is 5.85. The van der Waals surface area contributed by atoms with E-state index in [1.807, 2.05) is 0 Å². The van der Waals surface area contributed by atoms with Crippen molar-refractivity contribution in [2.24, 2.45) is 5.92 Å². The summed E-state index contributed by atoms with van der Waals surface area (Å²) in [6, 6.07) is 0. The number of ether oxygens (including phenoxy) is 3. The normalized spacial score (nSPS) is 27.2. The van der Waals surface area contributed by atoms with Crippen LogP contribution in [0.3, 0.4) is 0 Å². The molecule has 0 radical (unpaired) electrons. The van der Waals surface area contributed by atoms with Crippen LogP contribution in [0, 0.1) is 5.92 Å². The van der Waals surface area contributed by atoms with Gasteiger partial charge < -0.3 is 14.2 Å². The Labute approximate surface area is 98.5 Å². The minimum atomic E-state index is -0.931. The molecule has 0 amide bonds. The Balaban J connectivity index is 2.43. The Morgan fingerprint density at radius 2 is 2.12 bits per heavy atom. The zero-order chi connectivity index (χ0) is 13.0. The zero-order valence-electron chi connectivity index (χ0n) is 9.67. The molecule has 1 saturated heterocycles. The molecule has 1 aliphatic rings. The van der Waals surface area contributed by atoms with Crippen LogP contribution in [0.5, 0.6) is 0 Å². The van der Waals surface area contributed by atoms with Gasteiger partial charge in [0.1, 0.15) is 6.10 Å². The highest BCUT2D eigenvalue weighted by Crippen LogP contribution is 2.24. The van der Waals surface area contributed by atoms with Gasteiger partial charge >= 0.3 is 17.9 Å². The predicted molar refractivity (Wildman–Crippen MR) is 55.8 cm³/mol. The lowest BCUT2D eigenvalue weighted by molar-refractivity contribution is -0.167. The molecule has 0 aliphatic carbocycles. The van der Waals surface area contributed by atoms with Crippen LogP contribution in [-0.4, -0.2) is 36.7 Å². The number of cyclic esters (lactones) is 1. The number of carbonyl (C=O) groups is 3. The van der Waals surface area contributed by atoms with Crippen molar-refractivity contribution < 1.29 is 28.6 Å². The molecule has 0 aromatic carbocycles. The van der Waals surface area contributed by atoms with Crippen molar-refractivity contribution in [3.8, 4) is 0 Å². The first-order valence-corrected chi connectivity index (χ1v) is 5.15. The topological polar surface area (TPSA) is 78.9 Å². The second-order valence-corrected chi connectivity index (χ2v) is 3.72. The SMILES string of the molecule is C=CC(=O)OCC(=O)OC1C(=O)OC(C)C1C. The van der Waals surface area contributed by atoms with Crippen LogP contribution in [0.4, 0.5) is 0 Å². The predicted octanol–water partition coefficient (Wildman–Crippen LogP) is 0.209. The molecule has 94 valence electrons. The van der Waals surface area contributed by atoms with Crippen LogP contribution in [0.15, 0.2) is 12.7 Å². The maximum Gasteiger partial charge on any atom is 0.348 e. The van der Waals surface area contributed by atoms with Gasteiger partial charge in [-0.2, -0.15) is 0 Å². The van der Waals surface area contributed by atoms with Crippen LogP contribution in [0.25, 0.3) is 0 Å². The average molecular weight is 242 g/mol. The maximum atomic E-state index is 11.3. The van der Waals surface area contributed by atoms with Crippen molar-refractivity contribution in [2.75, 3.05) is 6.61 Å². The summed E-state index contributed by atoms with van der Waals surface area (Å²) in [6.45, 7) is 6.08. The minimum absolute atomic E-state index is 0.221. The van der Waals surface area contributed by atoms with Crippen LogP contribution >= 0.6 is 0 Å². The smallest absolute Gasteiger partial charge is 0.348 e. The Morgan fingerprint density at radius 1 is 1.47 bits per heavy atom. The molecule has 0 aromatic rings. The molecule has 1 rings (SSSR count). The van der Waals surface area contributed by atoms with E-state index in [1.165, 1.54) is 0 Å². The number of esters is 3. The molecular formula is C11H14O6. The van der Waals surface area contributed by atoms with Crippen molar-refractivity contribution in [1.82, 2.24) is 0 Å². The van der Waals surface area contributed by atoms with Crippen LogP contribution in [-0.2, 0) is 28.6 Å². The average Bonchev–Trinajstić information content (AvgIpc) is 2.53. The summed E-state index contributed by atoms with van der Waals surface area (Å²) in [5.41, 5.74) is 0. The number of hydrogen-bond acceptors (Lipinski definition) is 6. The van der Waals surface area contributed by atoms with E-state index in [0.717, 1.165) is 6.08 Å². The molecule has 0 spiro atoms. The summed E-state index contributed by atoms with van der Waals surface area (Å²) in [4.78, 5) is 33.3. The maximum absolute atomic E-state index is 11.3. The fourth-order valence-electron chi connectivity index (χ4n) is 1.34. The monoisotopic (exact) mass is 242 g/mol. The number of hydrogen-bond donors (Lipinski definition) is 0. The standard InChI is InChI=1S/C11H14O6/c1-4-8(12)15-5-9(13)17-10-6(2)7(3)16-11(10)14/h4,6-7,10H,1,5H2,2-3H3. The van der Waals surface area contributed by atoms with Crippen molar-refractivity contribution >= 4 is 17.9 Å². The summed E-state index contributed by atoms with van der Waals surface area (Å²) in [7, 11) is 0. The summed E-state index contributed by atoms with van der Waals surface area (Å²) in [5.74, 6) is -2.31. The zero-order valence-corrected chi connectivity index (χ0v) is 9.67. The largest absolute Gasteiger partial charge is 0.459 e. The molecule has 1 heterocycles. The van der Waals surface area contributed by atoms with Gasteiger partial charge in [0, 0.05) is 12.0 Å². The first kappa shape index (κ1) is 13.2. The molecule has 1 aliphatic heterocycles. The highest BCUT2D eigenvalue weighted by atomic mass is 16.6. The van der Waals surface area contributed by atoms with Crippen molar-refractivity contribution in [1.29, 1.82) is 0 Å². The third-order valence-corrected chi connectivity index (χ3v) is 2.51. The molecule has 6 heteroatoms. The fraction of sp³-hybridized carbons (Fsp3) is 0.545. The second-order valence-electron chi connectivity index (χ2n) is 3.72. The van der Waals surface area contributed by atoms with Crippen LogP contribution in [0.1, 0.15) is 13.8 Å². The number of carbonyl (C=O) groups excluding carboxylic acids is 3. The van der Waals surface area contributed by atoms with E-state index in [-0.39, 0.29) is 12.0 Å². The van der Waals surface area contributed by atoms with Gasteiger partial charge in [-0.15, -0.1) is 0 Å². The van der Waals surface area contributed by atoms with Gasteiger partial charge in [-0.25, -0.2) is 14.4 Å². The molecule has 3 atom stereocenters. The summed E-state index contributed by atoms with van der Waals surface area (Å²) < 4.78 is 14.2. The Morgan fingerprint density at radius 3 is 2.59 bits per heavy atom. The van der Waals surface area contributed by atoms with E-state index in [0.29, 0.717) is 0 Å². The van der Waals surface area contributed by atoms with E-state index in [1.54, 1.807) is 13.8 Å². The molecule has 6 nitrogen and oxygen atoms in total. The van der Waals surface area contributed by atoms with Crippen molar-refractivity contribution in [3.05, 3.63) is 12.7 Å². The summed E-state index contributed by atoms with van der Waals surface area (Å²) in [5, 5.41) is 0. The van der Waals surface area contributed by atoms with Crippen molar-refractivity contribution in [2.45, 2.75) is 26.1 Å².